The van der Waals surface area contributed by atoms with Crippen LogP contribution in [0.15, 0.2) is 36.0 Å². The largest absolute Gasteiger partial charge is 0.379 e. The molecule has 0 aliphatic rings. The molecule has 0 saturated heterocycles. The molecule has 1 unspecified atom stereocenters. The number of allylic oxidation sites excluding steroid dienone is 1. The summed E-state index contributed by atoms with van der Waals surface area (Å²) in [6.07, 6.45) is 6.73. The molecule has 2 amide bonds. The molecule has 0 bridgehead atoms. The van der Waals surface area contributed by atoms with E-state index in [-0.39, 0.29) is 18.5 Å². The molecule has 7 heteroatoms. The minimum atomic E-state index is 0.00620. The molecule has 0 aromatic heterocycles. The van der Waals surface area contributed by atoms with Crippen molar-refractivity contribution in [2.45, 2.75) is 58.5 Å². The average Bonchev–Trinajstić information content (AvgIpc) is 2.75. The quantitative estimate of drug-likeness (QED) is 0.217. The Kier molecular flexibility index (Phi) is 14.1. The van der Waals surface area contributed by atoms with E-state index in [0.717, 1.165) is 44.3 Å². The van der Waals surface area contributed by atoms with Gasteiger partial charge in [-0.3, -0.25) is 9.59 Å². The van der Waals surface area contributed by atoms with E-state index in [2.05, 4.69) is 57.4 Å². The molecule has 7 nitrogen and oxygen atoms in total. The van der Waals surface area contributed by atoms with E-state index in [9.17, 15) is 9.59 Å². The van der Waals surface area contributed by atoms with E-state index in [4.69, 9.17) is 0 Å². The van der Waals surface area contributed by atoms with Crippen LogP contribution >= 0.6 is 0 Å². The van der Waals surface area contributed by atoms with Gasteiger partial charge in [0.25, 0.3) is 0 Å². The Labute approximate surface area is 194 Å². The van der Waals surface area contributed by atoms with Gasteiger partial charge in [0.15, 0.2) is 0 Å². The Morgan fingerprint density at radius 2 is 1.75 bits per heavy atom. The number of hydrogen-bond acceptors (Lipinski definition) is 5. The zero-order valence-electron chi connectivity index (χ0n) is 20.5. The molecule has 1 aromatic rings. The molecule has 32 heavy (non-hydrogen) atoms. The Balaban J connectivity index is 2.36. The summed E-state index contributed by atoms with van der Waals surface area (Å²) in [4.78, 5) is 24.6. The van der Waals surface area contributed by atoms with E-state index >= 15 is 0 Å². The molecule has 0 aliphatic heterocycles. The van der Waals surface area contributed by atoms with Crippen LogP contribution < -0.4 is 21.3 Å². The standard InChI is InChI=1S/C25H43N5O2/c1-6-24(28-17-25(32)29-21(3)18-30(4)5)16-27-20(2)13-14-23-11-8-7-10-22(23)12-9-15-26-19-31/h6-8,10-11,19-21,27-28H,9,12-18H2,1-5H3,(H,26,31)(H,29,32)/t20-,21?/m0/s1. The number of aryl methyl sites for hydroxylation is 2. The fourth-order valence-corrected chi connectivity index (χ4v) is 3.62. The third kappa shape index (κ3) is 12.5. The van der Waals surface area contributed by atoms with Crippen molar-refractivity contribution in [3.8, 4) is 0 Å². The van der Waals surface area contributed by atoms with Gasteiger partial charge in [-0.05, 0) is 71.7 Å². The van der Waals surface area contributed by atoms with Crippen LogP contribution in [-0.4, -0.2) is 69.6 Å². The van der Waals surface area contributed by atoms with Gasteiger partial charge in [0.05, 0.1) is 6.54 Å². The van der Waals surface area contributed by atoms with Crippen molar-refractivity contribution >= 4 is 12.3 Å². The van der Waals surface area contributed by atoms with E-state index in [1.165, 1.54) is 11.1 Å². The summed E-state index contributed by atoms with van der Waals surface area (Å²) < 4.78 is 0. The fraction of sp³-hybridized carbons (Fsp3) is 0.600. The summed E-state index contributed by atoms with van der Waals surface area (Å²) in [5, 5.41) is 12.5. The van der Waals surface area contributed by atoms with E-state index < -0.39 is 0 Å². The monoisotopic (exact) mass is 445 g/mol. The maximum absolute atomic E-state index is 12.1. The summed E-state index contributed by atoms with van der Waals surface area (Å²) in [6.45, 7) is 8.70. The van der Waals surface area contributed by atoms with Crippen LogP contribution in [0, 0.1) is 0 Å². The second kappa shape index (κ2) is 16.3. The average molecular weight is 446 g/mol. The number of nitrogens with one attached hydrogen (secondary N) is 4. The number of carbonyl (C=O) groups is 2. The van der Waals surface area contributed by atoms with Crippen molar-refractivity contribution in [2.24, 2.45) is 0 Å². The molecular formula is C25H43N5O2. The number of likely N-dealkylation sites (N-methyl/N-ethyl adjacent to an activating group) is 1. The molecule has 2 atom stereocenters. The molecule has 1 aromatic carbocycles. The summed E-state index contributed by atoms with van der Waals surface area (Å²) in [5.41, 5.74) is 3.76. The van der Waals surface area contributed by atoms with Gasteiger partial charge >= 0.3 is 0 Å². The van der Waals surface area contributed by atoms with E-state index in [1.807, 2.05) is 34.0 Å². The molecule has 0 saturated carbocycles. The zero-order chi connectivity index (χ0) is 23.8. The number of hydrogen-bond donors (Lipinski definition) is 4. The highest BCUT2D eigenvalue weighted by molar-refractivity contribution is 5.78. The molecule has 0 spiro atoms. The Morgan fingerprint density at radius 1 is 1.06 bits per heavy atom. The highest BCUT2D eigenvalue weighted by Crippen LogP contribution is 2.14. The summed E-state index contributed by atoms with van der Waals surface area (Å²) in [6, 6.07) is 9.02. The van der Waals surface area contributed by atoms with Crippen molar-refractivity contribution in [2.75, 3.05) is 40.3 Å². The van der Waals surface area contributed by atoms with Crippen LogP contribution in [0.25, 0.3) is 0 Å². The number of nitrogens with zero attached hydrogens (tertiary/aromatic N) is 1. The van der Waals surface area contributed by atoms with Crippen LogP contribution in [0.3, 0.4) is 0 Å². The lowest BCUT2D eigenvalue weighted by Crippen LogP contribution is -2.44. The Morgan fingerprint density at radius 3 is 2.38 bits per heavy atom. The molecule has 0 fully saturated rings. The SMILES string of the molecule is CC=C(CN[C@@H](C)CCc1ccccc1CCCNC=O)NCC(=O)NC(C)CN(C)C. The van der Waals surface area contributed by atoms with Crippen molar-refractivity contribution < 1.29 is 9.59 Å². The number of carbonyl (C=O) groups excluding carboxylic acids is 2. The maximum Gasteiger partial charge on any atom is 0.239 e. The van der Waals surface area contributed by atoms with Gasteiger partial charge in [0.1, 0.15) is 0 Å². The number of benzene rings is 1. The molecule has 1 rings (SSSR count). The van der Waals surface area contributed by atoms with E-state index in [1.54, 1.807) is 0 Å². The smallest absolute Gasteiger partial charge is 0.239 e. The molecule has 180 valence electrons. The van der Waals surface area contributed by atoms with Crippen LogP contribution in [0.2, 0.25) is 0 Å². The predicted molar refractivity (Wildman–Crippen MR) is 133 cm³/mol. The van der Waals surface area contributed by atoms with Crippen LogP contribution in [0.5, 0.6) is 0 Å². The first kappa shape index (κ1) is 27.7. The first-order chi connectivity index (χ1) is 15.3. The predicted octanol–water partition coefficient (Wildman–Crippen LogP) is 1.84. The molecule has 0 aliphatic carbocycles. The van der Waals surface area contributed by atoms with Gasteiger partial charge in [0, 0.05) is 37.4 Å². The zero-order valence-corrected chi connectivity index (χ0v) is 20.5. The van der Waals surface area contributed by atoms with Crippen molar-refractivity contribution in [3.63, 3.8) is 0 Å². The highest BCUT2D eigenvalue weighted by Gasteiger charge is 2.10. The lowest BCUT2D eigenvalue weighted by molar-refractivity contribution is -0.120. The normalized spacial score (nSPS) is 13.5. The number of rotatable bonds is 17. The van der Waals surface area contributed by atoms with Crippen molar-refractivity contribution in [1.82, 2.24) is 26.2 Å². The summed E-state index contributed by atoms with van der Waals surface area (Å²) in [5.74, 6) is 0.00620. The lowest BCUT2D eigenvalue weighted by atomic mass is 9.97. The molecule has 0 heterocycles. The third-order valence-electron chi connectivity index (χ3n) is 5.33. The minimum Gasteiger partial charge on any atom is -0.379 e. The molecule has 4 N–H and O–H groups in total. The first-order valence-electron chi connectivity index (χ1n) is 11.7. The second-order valence-electron chi connectivity index (χ2n) is 8.66. The lowest BCUT2D eigenvalue weighted by Gasteiger charge is -2.20. The Hall–Kier alpha value is -2.38. The van der Waals surface area contributed by atoms with Crippen LogP contribution in [0.4, 0.5) is 0 Å². The summed E-state index contributed by atoms with van der Waals surface area (Å²) in [7, 11) is 4.00. The van der Waals surface area contributed by atoms with Gasteiger partial charge in [0.2, 0.25) is 12.3 Å². The topological polar surface area (TPSA) is 85.5 Å². The minimum absolute atomic E-state index is 0.00620. The van der Waals surface area contributed by atoms with Crippen LogP contribution in [0.1, 0.15) is 44.7 Å². The molecule has 0 radical (unpaired) electrons. The van der Waals surface area contributed by atoms with Gasteiger partial charge in [-0.15, -0.1) is 0 Å². The second-order valence-corrected chi connectivity index (χ2v) is 8.66. The van der Waals surface area contributed by atoms with Gasteiger partial charge < -0.3 is 26.2 Å². The van der Waals surface area contributed by atoms with Crippen molar-refractivity contribution in [3.05, 3.63) is 47.2 Å². The highest BCUT2D eigenvalue weighted by atomic mass is 16.2. The molecular weight excluding hydrogens is 402 g/mol. The van der Waals surface area contributed by atoms with Gasteiger partial charge in [-0.25, -0.2) is 0 Å². The summed E-state index contributed by atoms with van der Waals surface area (Å²) >= 11 is 0. The Bertz CT molecular complexity index is 705. The van der Waals surface area contributed by atoms with E-state index in [0.29, 0.717) is 19.1 Å². The fourth-order valence-electron chi connectivity index (χ4n) is 3.62. The van der Waals surface area contributed by atoms with Gasteiger partial charge in [-0.1, -0.05) is 30.3 Å². The van der Waals surface area contributed by atoms with Gasteiger partial charge in [-0.2, -0.15) is 0 Å². The number of amides is 2. The maximum atomic E-state index is 12.1. The van der Waals surface area contributed by atoms with Crippen LogP contribution in [-0.2, 0) is 22.4 Å². The third-order valence-corrected chi connectivity index (χ3v) is 5.33. The first-order valence-corrected chi connectivity index (χ1v) is 11.7. The van der Waals surface area contributed by atoms with Crippen molar-refractivity contribution in [1.29, 1.82) is 0 Å².